The quantitative estimate of drug-likeness (QED) is 0.518. The number of ether oxygens (including phenoxy) is 2. The highest BCUT2D eigenvalue weighted by Gasteiger charge is 2.31. The molecule has 0 spiro atoms. The van der Waals surface area contributed by atoms with E-state index in [0.717, 1.165) is 16.1 Å². The Morgan fingerprint density at radius 3 is 2.68 bits per heavy atom. The van der Waals surface area contributed by atoms with Gasteiger partial charge in [-0.1, -0.05) is 31.5 Å². The first-order chi connectivity index (χ1) is 13.4. The van der Waals surface area contributed by atoms with Crippen LogP contribution in [0.1, 0.15) is 47.1 Å². The molecule has 28 heavy (non-hydrogen) atoms. The summed E-state index contributed by atoms with van der Waals surface area (Å²) in [6.07, 6.45) is 0.804. The smallest absolute Gasteiger partial charge is 0.341 e. The van der Waals surface area contributed by atoms with Crippen molar-refractivity contribution < 1.29 is 14.3 Å². The van der Waals surface area contributed by atoms with Crippen molar-refractivity contribution in [1.82, 2.24) is 0 Å². The topological polar surface area (TPSA) is 59.6 Å². The van der Waals surface area contributed by atoms with Crippen LogP contribution in [0.2, 0.25) is 0 Å². The Morgan fingerprint density at radius 1 is 1.32 bits per heavy atom. The lowest BCUT2D eigenvalue weighted by Crippen LogP contribution is -2.27. The molecule has 0 amide bonds. The minimum atomic E-state index is -0.315. The Morgan fingerprint density at radius 2 is 2.04 bits per heavy atom. The summed E-state index contributed by atoms with van der Waals surface area (Å²) >= 11 is 6.97. The number of fused-ring (bicyclic) bond motifs is 1. The number of thiocarbonyl (C=S) groups is 1. The van der Waals surface area contributed by atoms with Gasteiger partial charge in [0.2, 0.25) is 0 Å². The molecular formula is C21H26N2O3S2. The van der Waals surface area contributed by atoms with E-state index in [2.05, 4.69) is 24.5 Å². The van der Waals surface area contributed by atoms with Crippen LogP contribution < -0.4 is 10.6 Å². The van der Waals surface area contributed by atoms with Crippen LogP contribution in [0.4, 0.5) is 10.7 Å². The number of hydrogen-bond donors (Lipinski definition) is 2. The number of nitrogens with one attached hydrogen (secondary N) is 2. The standard InChI is InChI=1S/C21H26N2O3S2/c1-5-25-20(24)18-15-10-16(12(2)3)26-11-17(15)28-19(18)23-21(27)22-14-8-6-13(4)7-9-14/h6-9,12,16H,5,10-11H2,1-4H3,(H2,22,23,27). The van der Waals surface area contributed by atoms with Crippen molar-refractivity contribution in [3.8, 4) is 0 Å². The van der Waals surface area contributed by atoms with Gasteiger partial charge in [0.1, 0.15) is 5.00 Å². The number of hydrogen-bond acceptors (Lipinski definition) is 5. The molecule has 0 radical (unpaired) electrons. The summed E-state index contributed by atoms with van der Waals surface area (Å²) in [5.41, 5.74) is 3.68. The summed E-state index contributed by atoms with van der Waals surface area (Å²) in [6.45, 7) is 8.95. The highest BCUT2D eigenvalue weighted by atomic mass is 32.1. The molecule has 3 rings (SSSR count). The van der Waals surface area contributed by atoms with Crippen molar-refractivity contribution in [3.05, 3.63) is 45.8 Å². The summed E-state index contributed by atoms with van der Waals surface area (Å²) in [7, 11) is 0. The van der Waals surface area contributed by atoms with Gasteiger partial charge < -0.3 is 20.1 Å². The number of rotatable bonds is 5. The largest absolute Gasteiger partial charge is 0.462 e. The van der Waals surface area contributed by atoms with Crippen molar-refractivity contribution in [1.29, 1.82) is 0 Å². The number of carbonyl (C=O) groups is 1. The van der Waals surface area contributed by atoms with Crippen molar-refractivity contribution in [2.75, 3.05) is 17.2 Å². The van der Waals surface area contributed by atoms with Gasteiger partial charge >= 0.3 is 5.97 Å². The van der Waals surface area contributed by atoms with E-state index in [-0.39, 0.29) is 12.1 Å². The Kier molecular flexibility index (Phi) is 6.69. The molecule has 1 atom stereocenters. The third kappa shape index (κ3) is 4.71. The van der Waals surface area contributed by atoms with E-state index in [0.29, 0.717) is 41.2 Å². The van der Waals surface area contributed by atoms with Crippen molar-refractivity contribution in [3.63, 3.8) is 0 Å². The maximum Gasteiger partial charge on any atom is 0.341 e. The summed E-state index contributed by atoms with van der Waals surface area (Å²) < 4.78 is 11.3. The lowest BCUT2D eigenvalue weighted by Gasteiger charge is -2.26. The molecule has 1 aliphatic heterocycles. The van der Waals surface area contributed by atoms with Gasteiger partial charge in [-0.25, -0.2) is 4.79 Å². The molecule has 0 aliphatic carbocycles. The molecule has 1 unspecified atom stereocenters. The first-order valence-corrected chi connectivity index (χ1v) is 10.7. The van der Waals surface area contributed by atoms with Crippen LogP contribution >= 0.6 is 23.6 Å². The second kappa shape index (κ2) is 9.03. The second-order valence-electron chi connectivity index (χ2n) is 7.17. The minimum absolute atomic E-state index is 0.0979. The van der Waals surface area contributed by atoms with Crippen LogP contribution in [0.3, 0.4) is 0 Å². The number of benzene rings is 1. The summed E-state index contributed by atoms with van der Waals surface area (Å²) in [5, 5.41) is 7.51. The maximum atomic E-state index is 12.7. The fourth-order valence-corrected chi connectivity index (χ4v) is 4.55. The molecule has 1 aliphatic rings. The van der Waals surface area contributed by atoms with Gasteiger partial charge in [-0.15, -0.1) is 11.3 Å². The zero-order valence-corrected chi connectivity index (χ0v) is 18.3. The molecule has 0 saturated carbocycles. The van der Waals surface area contributed by atoms with E-state index in [9.17, 15) is 4.79 Å². The number of esters is 1. The molecule has 1 aromatic carbocycles. The third-order valence-electron chi connectivity index (χ3n) is 4.68. The molecule has 7 heteroatoms. The molecule has 150 valence electrons. The first kappa shape index (κ1) is 20.8. The summed E-state index contributed by atoms with van der Waals surface area (Å²) in [5.74, 6) is 0.0637. The average Bonchev–Trinajstić information content (AvgIpc) is 3.00. The zero-order chi connectivity index (χ0) is 20.3. The number of carbonyl (C=O) groups excluding carboxylic acids is 1. The Balaban J connectivity index is 1.84. The monoisotopic (exact) mass is 418 g/mol. The van der Waals surface area contributed by atoms with Crippen molar-refractivity contribution in [2.24, 2.45) is 5.92 Å². The van der Waals surface area contributed by atoms with Gasteiger partial charge in [-0.2, -0.15) is 0 Å². The molecule has 5 nitrogen and oxygen atoms in total. The van der Waals surface area contributed by atoms with Gasteiger partial charge in [0.05, 0.1) is 24.9 Å². The predicted octanol–water partition coefficient (Wildman–Crippen LogP) is 5.14. The fraction of sp³-hybridized carbons (Fsp3) is 0.429. The van der Waals surface area contributed by atoms with Crippen LogP contribution in [0.5, 0.6) is 0 Å². The summed E-state index contributed by atoms with van der Waals surface area (Å²) in [4.78, 5) is 13.7. The first-order valence-electron chi connectivity index (χ1n) is 9.47. The molecular weight excluding hydrogens is 392 g/mol. The molecule has 1 aromatic heterocycles. The van der Waals surface area contributed by atoms with Crippen LogP contribution in [0, 0.1) is 12.8 Å². The van der Waals surface area contributed by atoms with Gasteiger partial charge in [0, 0.05) is 17.0 Å². The van der Waals surface area contributed by atoms with Gasteiger partial charge in [-0.05, 0) is 49.7 Å². The molecule has 0 fully saturated rings. The average molecular weight is 419 g/mol. The van der Waals surface area contributed by atoms with Gasteiger partial charge in [-0.3, -0.25) is 0 Å². The zero-order valence-electron chi connectivity index (χ0n) is 16.6. The Labute approximate surface area is 175 Å². The molecule has 0 bridgehead atoms. The highest BCUT2D eigenvalue weighted by molar-refractivity contribution is 7.80. The number of aryl methyl sites for hydroxylation is 1. The third-order valence-corrected chi connectivity index (χ3v) is 6.01. The van der Waals surface area contributed by atoms with Gasteiger partial charge in [0.25, 0.3) is 0 Å². The Hall–Kier alpha value is -1.96. The lowest BCUT2D eigenvalue weighted by molar-refractivity contribution is 0.00124. The predicted molar refractivity (Wildman–Crippen MR) is 118 cm³/mol. The van der Waals surface area contributed by atoms with Gasteiger partial charge in [0.15, 0.2) is 5.11 Å². The SMILES string of the molecule is CCOC(=O)c1c(NC(=S)Nc2ccc(C)cc2)sc2c1CC(C(C)C)OC2. The molecule has 2 aromatic rings. The number of anilines is 2. The maximum absolute atomic E-state index is 12.7. The fourth-order valence-electron chi connectivity index (χ4n) is 3.13. The molecule has 2 heterocycles. The van der Waals surface area contributed by atoms with E-state index >= 15 is 0 Å². The number of thiophene rings is 1. The van der Waals surface area contributed by atoms with Crippen LogP contribution in [-0.2, 0) is 22.5 Å². The van der Waals surface area contributed by atoms with E-state index < -0.39 is 0 Å². The minimum Gasteiger partial charge on any atom is -0.462 e. The Bertz CT molecular complexity index is 859. The molecule has 0 saturated heterocycles. The van der Waals surface area contributed by atoms with Crippen LogP contribution in [-0.4, -0.2) is 23.8 Å². The normalized spacial score (nSPS) is 15.8. The van der Waals surface area contributed by atoms with E-state index in [4.69, 9.17) is 21.7 Å². The lowest BCUT2D eigenvalue weighted by atomic mass is 9.94. The summed E-state index contributed by atoms with van der Waals surface area (Å²) in [6, 6.07) is 7.97. The van der Waals surface area contributed by atoms with E-state index in [1.807, 2.05) is 38.1 Å². The second-order valence-corrected chi connectivity index (χ2v) is 8.68. The van der Waals surface area contributed by atoms with E-state index in [1.54, 1.807) is 0 Å². The van der Waals surface area contributed by atoms with Crippen LogP contribution in [0.15, 0.2) is 24.3 Å². The van der Waals surface area contributed by atoms with E-state index in [1.165, 1.54) is 16.9 Å². The van der Waals surface area contributed by atoms with Crippen molar-refractivity contribution >= 4 is 45.3 Å². The highest BCUT2D eigenvalue weighted by Crippen LogP contribution is 2.39. The molecule has 2 N–H and O–H groups in total. The van der Waals surface area contributed by atoms with Crippen LogP contribution in [0.25, 0.3) is 0 Å². The van der Waals surface area contributed by atoms with Crippen molar-refractivity contribution in [2.45, 2.75) is 46.8 Å².